The van der Waals surface area contributed by atoms with E-state index in [0.29, 0.717) is 13.2 Å². The second-order valence-corrected chi connectivity index (χ2v) is 9.45. The van der Waals surface area contributed by atoms with E-state index in [0.717, 1.165) is 77.0 Å². The van der Waals surface area contributed by atoms with Gasteiger partial charge in [0.05, 0.1) is 25.0 Å². The van der Waals surface area contributed by atoms with E-state index in [4.69, 9.17) is 9.47 Å². The molecule has 1 saturated carbocycles. The van der Waals surface area contributed by atoms with Crippen molar-refractivity contribution >= 4 is 11.9 Å². The van der Waals surface area contributed by atoms with Crippen molar-refractivity contribution in [3.63, 3.8) is 0 Å². The fraction of sp³-hybridized carbons (Fsp3) is 0.600. The van der Waals surface area contributed by atoms with E-state index < -0.39 is 11.8 Å². The van der Waals surface area contributed by atoms with Crippen LogP contribution >= 0.6 is 0 Å². The monoisotopic (exact) mass is 468 g/mol. The minimum atomic E-state index is -0.448. The molecule has 3 aliphatic rings. The Labute approximate surface area is 206 Å². The van der Waals surface area contributed by atoms with Gasteiger partial charge >= 0.3 is 11.9 Å². The molecule has 0 saturated heterocycles. The topological polar surface area (TPSA) is 52.6 Å². The average molecular weight is 469 g/mol. The Balaban J connectivity index is 2.32. The summed E-state index contributed by atoms with van der Waals surface area (Å²) >= 11 is 0. The summed E-state index contributed by atoms with van der Waals surface area (Å²) in [7, 11) is 0. The third-order valence-corrected chi connectivity index (χ3v) is 7.20. The van der Waals surface area contributed by atoms with Gasteiger partial charge in [-0.15, -0.1) is 26.3 Å². The molecular formula is C30H44O4. The Morgan fingerprint density at radius 1 is 0.647 bits per heavy atom. The number of carbonyl (C=O) groups excluding carboxylic acids is 2. The lowest BCUT2D eigenvalue weighted by Crippen LogP contribution is -2.50. The zero-order valence-corrected chi connectivity index (χ0v) is 21.0. The van der Waals surface area contributed by atoms with Gasteiger partial charge in [-0.2, -0.15) is 0 Å². The molecular weight excluding hydrogens is 424 g/mol. The lowest BCUT2D eigenvalue weighted by atomic mass is 9.55. The summed E-state index contributed by atoms with van der Waals surface area (Å²) in [6.07, 6.45) is 18.4. The van der Waals surface area contributed by atoms with Crippen molar-refractivity contribution in [1.82, 2.24) is 0 Å². The maximum atomic E-state index is 13.4. The van der Waals surface area contributed by atoms with Crippen molar-refractivity contribution in [1.29, 1.82) is 0 Å². The molecule has 3 rings (SSSR count). The average Bonchev–Trinajstić information content (AvgIpc) is 2.85. The summed E-state index contributed by atoms with van der Waals surface area (Å²) in [5, 5.41) is 0. The first kappa shape index (κ1) is 27.9. The van der Waals surface area contributed by atoms with E-state index in [2.05, 4.69) is 26.3 Å². The van der Waals surface area contributed by atoms with Gasteiger partial charge in [0.25, 0.3) is 0 Å². The molecule has 0 aromatic carbocycles. The highest BCUT2D eigenvalue weighted by Crippen LogP contribution is 2.55. The molecule has 0 N–H and O–H groups in total. The minimum Gasteiger partial charge on any atom is -0.465 e. The first-order chi connectivity index (χ1) is 16.6. The number of carbonyl (C=O) groups is 2. The molecule has 188 valence electrons. The maximum Gasteiger partial charge on any atom is 0.310 e. The summed E-state index contributed by atoms with van der Waals surface area (Å²) < 4.78 is 11.4. The van der Waals surface area contributed by atoms with Gasteiger partial charge in [-0.25, -0.2) is 0 Å². The van der Waals surface area contributed by atoms with E-state index in [1.807, 2.05) is 24.3 Å². The number of ether oxygens (including phenoxy) is 2. The van der Waals surface area contributed by atoms with Crippen LogP contribution in [0.4, 0.5) is 0 Å². The van der Waals surface area contributed by atoms with Crippen LogP contribution in [0, 0.1) is 23.7 Å². The summed E-state index contributed by atoms with van der Waals surface area (Å²) in [5.74, 6) is -1.25. The molecule has 34 heavy (non-hydrogen) atoms. The van der Waals surface area contributed by atoms with Crippen molar-refractivity contribution in [2.24, 2.45) is 23.7 Å². The Kier molecular flexibility index (Phi) is 12.7. The highest BCUT2D eigenvalue weighted by atomic mass is 16.5. The number of fused-ring (bicyclic) bond motifs is 2. The van der Waals surface area contributed by atoms with Crippen LogP contribution in [0.1, 0.15) is 77.0 Å². The zero-order chi connectivity index (χ0) is 24.8. The van der Waals surface area contributed by atoms with E-state index >= 15 is 0 Å². The predicted octanol–water partition coefficient (Wildman–Crippen LogP) is 7.29. The lowest BCUT2D eigenvalue weighted by Gasteiger charge is -2.49. The van der Waals surface area contributed by atoms with Crippen LogP contribution in [0.15, 0.2) is 61.8 Å². The highest BCUT2D eigenvalue weighted by molar-refractivity contribution is 5.84. The Morgan fingerprint density at radius 3 is 1.35 bits per heavy atom. The molecule has 4 atom stereocenters. The minimum absolute atomic E-state index is 0.0613. The van der Waals surface area contributed by atoms with E-state index in [9.17, 15) is 9.59 Å². The molecule has 0 aliphatic heterocycles. The van der Waals surface area contributed by atoms with Crippen LogP contribution in [-0.2, 0) is 19.1 Å². The van der Waals surface area contributed by atoms with Crippen molar-refractivity contribution in [2.45, 2.75) is 77.0 Å². The summed E-state index contributed by atoms with van der Waals surface area (Å²) in [5.41, 5.74) is 2.79. The van der Waals surface area contributed by atoms with Crippen molar-refractivity contribution in [3.05, 3.63) is 61.8 Å². The SMILES string of the molecule is C=CCCCOC(=O)C1C2CCC(C(CCCC=C)=C2CCCC=C)C1C(=O)OCCCC=C. The highest BCUT2D eigenvalue weighted by Gasteiger charge is 2.54. The maximum absolute atomic E-state index is 13.4. The Bertz CT molecular complexity index is 685. The molecule has 0 heterocycles. The number of hydrogen-bond acceptors (Lipinski definition) is 4. The van der Waals surface area contributed by atoms with Crippen molar-refractivity contribution in [2.75, 3.05) is 13.2 Å². The van der Waals surface area contributed by atoms with Crippen LogP contribution in [0.25, 0.3) is 0 Å². The zero-order valence-electron chi connectivity index (χ0n) is 21.0. The van der Waals surface area contributed by atoms with Crippen LogP contribution in [0.5, 0.6) is 0 Å². The number of allylic oxidation sites excluding steroid dienone is 6. The molecule has 1 fully saturated rings. The van der Waals surface area contributed by atoms with Gasteiger partial charge in [0.2, 0.25) is 0 Å². The van der Waals surface area contributed by atoms with Crippen LogP contribution in [0.2, 0.25) is 0 Å². The predicted molar refractivity (Wildman–Crippen MR) is 139 cm³/mol. The third kappa shape index (κ3) is 7.58. The third-order valence-electron chi connectivity index (χ3n) is 7.20. The van der Waals surface area contributed by atoms with Crippen molar-refractivity contribution in [3.8, 4) is 0 Å². The first-order valence-corrected chi connectivity index (χ1v) is 13.1. The fourth-order valence-corrected chi connectivity index (χ4v) is 5.66. The number of rotatable bonds is 18. The Morgan fingerprint density at radius 2 is 1.00 bits per heavy atom. The second kappa shape index (κ2) is 15.5. The van der Waals surface area contributed by atoms with E-state index in [1.165, 1.54) is 11.1 Å². The largest absolute Gasteiger partial charge is 0.465 e. The summed E-state index contributed by atoms with van der Waals surface area (Å²) in [4.78, 5) is 26.7. The van der Waals surface area contributed by atoms with Crippen LogP contribution < -0.4 is 0 Å². The van der Waals surface area contributed by atoms with Crippen molar-refractivity contribution < 1.29 is 19.1 Å². The fourth-order valence-electron chi connectivity index (χ4n) is 5.66. The molecule has 0 spiro atoms. The quantitative estimate of drug-likeness (QED) is 0.120. The van der Waals surface area contributed by atoms with Gasteiger partial charge in [-0.3, -0.25) is 9.59 Å². The molecule has 4 unspecified atom stereocenters. The Hall–Kier alpha value is -2.36. The van der Waals surface area contributed by atoms with E-state index in [-0.39, 0.29) is 23.8 Å². The number of hydrogen-bond donors (Lipinski definition) is 0. The molecule has 0 radical (unpaired) electrons. The van der Waals surface area contributed by atoms with Gasteiger partial charge in [-0.05, 0) is 88.9 Å². The standard InChI is InChI=1S/C30H44O4/c1-5-9-13-17-23-24(18-14-10-6-2)26-20-19-25(23)27(29(31)33-21-15-11-7-3)28(26)30(32)34-22-16-12-8-4/h5-8,25-28H,1-4,9-22H2. The van der Waals surface area contributed by atoms with Crippen LogP contribution in [-0.4, -0.2) is 25.2 Å². The smallest absolute Gasteiger partial charge is 0.310 e. The van der Waals surface area contributed by atoms with Gasteiger partial charge in [0, 0.05) is 0 Å². The number of esters is 2. The van der Waals surface area contributed by atoms with Gasteiger partial charge in [-0.1, -0.05) is 35.5 Å². The van der Waals surface area contributed by atoms with Crippen LogP contribution in [0.3, 0.4) is 0 Å². The van der Waals surface area contributed by atoms with E-state index in [1.54, 1.807) is 0 Å². The molecule has 0 aromatic heterocycles. The van der Waals surface area contributed by atoms with Gasteiger partial charge in [0.15, 0.2) is 0 Å². The molecule has 0 aromatic rings. The first-order valence-electron chi connectivity index (χ1n) is 13.1. The molecule has 4 nitrogen and oxygen atoms in total. The van der Waals surface area contributed by atoms with Gasteiger partial charge < -0.3 is 9.47 Å². The molecule has 3 aliphatic carbocycles. The molecule has 2 bridgehead atoms. The van der Waals surface area contributed by atoms with Gasteiger partial charge in [0.1, 0.15) is 0 Å². The lowest BCUT2D eigenvalue weighted by molar-refractivity contribution is -0.168. The summed E-state index contributed by atoms with van der Waals surface area (Å²) in [6.45, 7) is 15.9. The second-order valence-electron chi connectivity index (χ2n) is 9.45. The summed E-state index contributed by atoms with van der Waals surface area (Å²) in [6, 6.07) is 0. The normalized spacial score (nSPS) is 23.3. The molecule has 0 amide bonds. The number of unbranched alkanes of at least 4 members (excludes halogenated alkanes) is 4. The molecule has 4 heteroatoms.